The van der Waals surface area contributed by atoms with E-state index in [9.17, 15) is 14.4 Å². The van der Waals surface area contributed by atoms with Gasteiger partial charge in [-0.15, -0.1) is 4.99 Å². The molecule has 0 unspecified atom stereocenters. The summed E-state index contributed by atoms with van der Waals surface area (Å²) in [7, 11) is 0. The van der Waals surface area contributed by atoms with E-state index in [2.05, 4.69) is 10.3 Å². The number of guanidine groups is 1. The molecule has 11 heteroatoms. The fraction of sp³-hybridized carbons (Fsp3) is 0.630. The van der Waals surface area contributed by atoms with Crippen LogP contribution in [0.15, 0.2) is 23.2 Å². The van der Waals surface area contributed by atoms with E-state index in [0.717, 1.165) is 4.90 Å². The van der Waals surface area contributed by atoms with Gasteiger partial charge in [0.1, 0.15) is 16.8 Å². The number of nitrogens with zero attached hydrogens (tertiary/aromatic N) is 3. The number of nitrogens with one attached hydrogen (secondary N) is 1. The second kappa shape index (κ2) is 12.8. The minimum absolute atomic E-state index is 0.0555. The highest BCUT2D eigenvalue weighted by Crippen LogP contribution is 2.27. The molecule has 11 nitrogen and oxygen atoms in total. The highest BCUT2D eigenvalue weighted by molar-refractivity contribution is 6.00. The lowest BCUT2D eigenvalue weighted by Gasteiger charge is -2.29. The van der Waals surface area contributed by atoms with Gasteiger partial charge in [-0.05, 0) is 99.9 Å². The number of amides is 3. The third-order valence-electron chi connectivity index (χ3n) is 4.52. The number of carbonyl (C=O) groups excluding carboxylic acids is 3. The molecule has 3 N–H and O–H groups in total. The number of imide groups is 1. The van der Waals surface area contributed by atoms with Crippen LogP contribution < -0.4 is 16.0 Å². The van der Waals surface area contributed by atoms with Gasteiger partial charge in [0, 0.05) is 24.5 Å². The van der Waals surface area contributed by atoms with Crippen LogP contribution in [0.3, 0.4) is 0 Å². The molecule has 1 aromatic carbocycles. The molecule has 0 aliphatic carbocycles. The fourth-order valence-corrected chi connectivity index (χ4v) is 3.17. The molecular formula is C27H45N5O6. The predicted molar refractivity (Wildman–Crippen MR) is 149 cm³/mol. The van der Waals surface area contributed by atoms with Gasteiger partial charge < -0.3 is 30.2 Å². The monoisotopic (exact) mass is 535 g/mol. The van der Waals surface area contributed by atoms with Crippen molar-refractivity contribution in [2.75, 3.05) is 23.3 Å². The van der Waals surface area contributed by atoms with Gasteiger partial charge >= 0.3 is 18.3 Å². The summed E-state index contributed by atoms with van der Waals surface area (Å²) in [5.41, 5.74) is 5.70. The van der Waals surface area contributed by atoms with Crippen molar-refractivity contribution in [3.05, 3.63) is 23.8 Å². The highest BCUT2D eigenvalue weighted by Gasteiger charge is 2.32. The SMILES string of the molecule is CCNc1ccc(N(CC)C(N)=NC(=O)OC(C)(C)C)cc1CN(C(=O)OC(C)(C)C)C(=O)OC(C)(C)C. The summed E-state index contributed by atoms with van der Waals surface area (Å²) in [4.78, 5) is 44.8. The van der Waals surface area contributed by atoms with Gasteiger partial charge in [0.25, 0.3) is 0 Å². The van der Waals surface area contributed by atoms with Crippen molar-refractivity contribution < 1.29 is 28.6 Å². The van der Waals surface area contributed by atoms with Gasteiger partial charge in [0.15, 0.2) is 0 Å². The Bertz CT molecular complexity index is 990. The van der Waals surface area contributed by atoms with Gasteiger partial charge in [-0.1, -0.05) is 0 Å². The molecular weight excluding hydrogens is 490 g/mol. The minimum atomic E-state index is -0.835. The first-order chi connectivity index (χ1) is 17.3. The zero-order valence-electron chi connectivity index (χ0n) is 24.7. The van der Waals surface area contributed by atoms with Crippen molar-refractivity contribution in [1.82, 2.24) is 4.90 Å². The Morgan fingerprint density at radius 2 is 1.37 bits per heavy atom. The van der Waals surface area contributed by atoms with E-state index in [1.54, 1.807) is 85.4 Å². The molecule has 0 saturated heterocycles. The molecule has 1 aromatic rings. The van der Waals surface area contributed by atoms with E-state index < -0.39 is 35.1 Å². The molecule has 0 bridgehead atoms. The van der Waals surface area contributed by atoms with Gasteiger partial charge in [0.2, 0.25) is 5.96 Å². The molecule has 38 heavy (non-hydrogen) atoms. The number of ether oxygens (including phenoxy) is 3. The van der Waals surface area contributed by atoms with Crippen molar-refractivity contribution in [2.24, 2.45) is 10.7 Å². The Morgan fingerprint density at radius 3 is 1.79 bits per heavy atom. The van der Waals surface area contributed by atoms with Crippen LogP contribution in [0.1, 0.15) is 81.7 Å². The molecule has 1 rings (SSSR count). The lowest BCUT2D eigenvalue weighted by atomic mass is 10.1. The van der Waals surface area contributed by atoms with Crippen LogP contribution in [-0.2, 0) is 20.8 Å². The lowest BCUT2D eigenvalue weighted by molar-refractivity contribution is -0.000249. The number of benzene rings is 1. The third-order valence-corrected chi connectivity index (χ3v) is 4.52. The van der Waals surface area contributed by atoms with E-state index >= 15 is 0 Å². The summed E-state index contributed by atoms with van der Waals surface area (Å²) in [5, 5.41) is 3.24. The Morgan fingerprint density at radius 1 is 0.868 bits per heavy atom. The van der Waals surface area contributed by atoms with Crippen molar-refractivity contribution in [1.29, 1.82) is 0 Å². The maximum atomic E-state index is 13.1. The number of anilines is 2. The van der Waals surface area contributed by atoms with Crippen molar-refractivity contribution >= 4 is 35.6 Å². The first-order valence-electron chi connectivity index (χ1n) is 12.7. The zero-order chi connectivity index (χ0) is 29.5. The first kappa shape index (κ1) is 32.5. The molecule has 0 atom stereocenters. The quantitative estimate of drug-likeness (QED) is 0.260. The van der Waals surface area contributed by atoms with Crippen LogP contribution in [-0.4, -0.2) is 59.0 Å². The second-order valence-electron chi connectivity index (χ2n) is 11.6. The Kier molecular flexibility index (Phi) is 11.0. The number of hydrogen-bond acceptors (Lipinski definition) is 7. The summed E-state index contributed by atoms with van der Waals surface area (Å²) in [6.07, 6.45) is -2.48. The van der Waals surface area contributed by atoms with Crippen LogP contribution in [0.25, 0.3) is 0 Å². The Hall–Kier alpha value is -3.50. The number of nitrogens with two attached hydrogens (primary N) is 1. The average molecular weight is 536 g/mol. The number of carbonyl (C=O) groups is 3. The summed E-state index contributed by atoms with van der Waals surface area (Å²) in [5.74, 6) is -0.0555. The van der Waals surface area contributed by atoms with E-state index in [4.69, 9.17) is 19.9 Å². The molecule has 0 radical (unpaired) electrons. The summed E-state index contributed by atoms with van der Waals surface area (Å²) in [6.45, 7) is 20.1. The maximum Gasteiger partial charge on any atom is 0.437 e. The minimum Gasteiger partial charge on any atom is -0.443 e. The molecule has 0 spiro atoms. The van der Waals surface area contributed by atoms with Crippen molar-refractivity contribution in [2.45, 2.75) is 99.5 Å². The van der Waals surface area contributed by atoms with E-state index in [1.807, 2.05) is 13.8 Å². The average Bonchev–Trinajstić information content (AvgIpc) is 2.69. The van der Waals surface area contributed by atoms with Crippen molar-refractivity contribution in [3.8, 4) is 0 Å². The highest BCUT2D eigenvalue weighted by atomic mass is 16.6. The Labute approximate surface area is 226 Å². The fourth-order valence-electron chi connectivity index (χ4n) is 3.17. The van der Waals surface area contributed by atoms with Gasteiger partial charge in [-0.2, -0.15) is 0 Å². The van der Waals surface area contributed by atoms with Crippen LogP contribution >= 0.6 is 0 Å². The standard InChI is InChI=1S/C27H45N5O6/c1-12-29-20-15-14-19(31(13-2)21(28)30-22(33)36-25(3,4)5)16-18(20)17-32(23(34)37-26(6,7)8)24(35)38-27(9,10)11/h14-16,29H,12-13,17H2,1-11H3,(H2,28,30,33). The van der Waals surface area contributed by atoms with Crippen molar-refractivity contribution in [3.63, 3.8) is 0 Å². The molecule has 0 aromatic heterocycles. The van der Waals surface area contributed by atoms with Crippen LogP contribution in [0, 0.1) is 0 Å². The van der Waals surface area contributed by atoms with Crippen LogP contribution in [0.5, 0.6) is 0 Å². The lowest BCUT2D eigenvalue weighted by Crippen LogP contribution is -2.43. The molecule has 0 saturated carbocycles. The largest absolute Gasteiger partial charge is 0.443 e. The summed E-state index contributed by atoms with van der Waals surface area (Å²) < 4.78 is 16.2. The molecule has 0 heterocycles. The number of aliphatic imine (C=N–C) groups is 1. The second-order valence-corrected chi connectivity index (χ2v) is 11.6. The van der Waals surface area contributed by atoms with E-state index in [0.29, 0.717) is 30.0 Å². The molecule has 0 fully saturated rings. The molecule has 0 aliphatic rings. The van der Waals surface area contributed by atoms with Gasteiger partial charge in [-0.25, -0.2) is 19.3 Å². The van der Waals surface area contributed by atoms with Crippen LogP contribution in [0.2, 0.25) is 0 Å². The topological polar surface area (TPSA) is 136 Å². The first-order valence-corrected chi connectivity index (χ1v) is 12.7. The van der Waals surface area contributed by atoms with Crippen LogP contribution in [0.4, 0.5) is 25.8 Å². The Balaban J connectivity index is 3.49. The summed E-state index contributed by atoms with van der Waals surface area (Å²) in [6, 6.07) is 5.37. The normalized spacial score (nSPS) is 12.4. The molecule has 3 amide bonds. The smallest absolute Gasteiger partial charge is 0.437 e. The number of rotatable bonds is 6. The summed E-state index contributed by atoms with van der Waals surface area (Å²) >= 11 is 0. The molecule has 214 valence electrons. The maximum absolute atomic E-state index is 13.1. The third kappa shape index (κ3) is 11.3. The number of hydrogen-bond donors (Lipinski definition) is 2. The van der Waals surface area contributed by atoms with E-state index in [-0.39, 0.29) is 12.5 Å². The molecule has 0 aliphatic heterocycles. The van der Waals surface area contributed by atoms with Gasteiger partial charge in [0.05, 0.1) is 6.54 Å². The predicted octanol–water partition coefficient (Wildman–Crippen LogP) is 5.87. The van der Waals surface area contributed by atoms with E-state index in [1.165, 1.54) is 0 Å². The zero-order valence-corrected chi connectivity index (χ0v) is 24.7. The van der Waals surface area contributed by atoms with Gasteiger partial charge in [-0.3, -0.25) is 0 Å².